The van der Waals surface area contributed by atoms with Crippen molar-refractivity contribution in [3.05, 3.63) is 90.4 Å². The van der Waals surface area contributed by atoms with Gasteiger partial charge in [-0.25, -0.2) is 15.0 Å². The molecule has 0 aliphatic carbocycles. The Morgan fingerprint density at radius 2 is 1.70 bits per heavy atom. The highest BCUT2D eigenvalue weighted by molar-refractivity contribution is 5.95. The van der Waals surface area contributed by atoms with Crippen molar-refractivity contribution in [1.29, 1.82) is 0 Å². The average molecular weight is 442 g/mol. The molecule has 0 bridgehead atoms. The number of carbonyl (C=O) groups excluding carboxylic acids is 1. The number of nitrogens with one attached hydrogen (secondary N) is 2. The minimum atomic E-state index is -0.528. The van der Waals surface area contributed by atoms with Crippen LogP contribution in [0.15, 0.2) is 73.4 Å². The normalized spacial score (nSPS) is 12.8. The monoisotopic (exact) mass is 441 g/mol. The topological polar surface area (TPSA) is 97.6 Å². The van der Waals surface area contributed by atoms with E-state index in [1.807, 2.05) is 69.0 Å². The SMILES string of the molecule is Cc1ncc(C(C)CN[C@@H](C(=O)Nc2ccc(-c3cnn(C)c3)cn2)c2ccccc2)cn1. The summed E-state index contributed by atoms with van der Waals surface area (Å²) in [6.45, 7) is 4.53. The second-order valence-electron chi connectivity index (χ2n) is 8.04. The van der Waals surface area contributed by atoms with Gasteiger partial charge in [0.25, 0.3) is 0 Å². The number of rotatable bonds is 8. The van der Waals surface area contributed by atoms with Crippen molar-refractivity contribution in [2.75, 3.05) is 11.9 Å². The molecule has 0 aliphatic rings. The van der Waals surface area contributed by atoms with Crippen LogP contribution in [-0.4, -0.2) is 37.2 Å². The van der Waals surface area contributed by atoms with Crippen LogP contribution in [-0.2, 0) is 11.8 Å². The van der Waals surface area contributed by atoms with Gasteiger partial charge in [-0.1, -0.05) is 37.3 Å². The summed E-state index contributed by atoms with van der Waals surface area (Å²) in [7, 11) is 1.87. The molecule has 33 heavy (non-hydrogen) atoms. The van der Waals surface area contributed by atoms with E-state index in [0.29, 0.717) is 12.4 Å². The lowest BCUT2D eigenvalue weighted by Gasteiger charge is -2.21. The van der Waals surface area contributed by atoms with Gasteiger partial charge in [0.2, 0.25) is 5.91 Å². The molecule has 0 spiro atoms. The van der Waals surface area contributed by atoms with Gasteiger partial charge in [-0.05, 0) is 36.1 Å². The van der Waals surface area contributed by atoms with Crippen LogP contribution < -0.4 is 10.6 Å². The van der Waals surface area contributed by atoms with Gasteiger partial charge in [0.15, 0.2) is 0 Å². The molecular weight excluding hydrogens is 414 g/mol. The molecule has 0 fully saturated rings. The molecule has 2 N–H and O–H groups in total. The first-order valence-corrected chi connectivity index (χ1v) is 10.8. The molecule has 4 rings (SSSR count). The summed E-state index contributed by atoms with van der Waals surface area (Å²) in [5.41, 5.74) is 3.82. The van der Waals surface area contributed by atoms with Gasteiger partial charge in [-0.2, -0.15) is 5.10 Å². The number of carbonyl (C=O) groups is 1. The van der Waals surface area contributed by atoms with E-state index < -0.39 is 6.04 Å². The standard InChI is InChI=1S/C25H27N7O/c1-17(21-13-26-18(2)27-14-21)11-29-24(19-7-5-4-6-8-19)25(33)31-23-10-9-20(12-28-23)22-15-30-32(3)16-22/h4-10,12-17,24,29H,11H2,1-3H3,(H,28,31,33)/t17?,24-/m1/s1. The molecule has 2 atom stereocenters. The highest BCUT2D eigenvalue weighted by Gasteiger charge is 2.22. The van der Waals surface area contributed by atoms with E-state index >= 15 is 0 Å². The second-order valence-corrected chi connectivity index (χ2v) is 8.04. The van der Waals surface area contributed by atoms with Gasteiger partial charge >= 0.3 is 0 Å². The van der Waals surface area contributed by atoms with Crippen molar-refractivity contribution in [1.82, 2.24) is 30.0 Å². The van der Waals surface area contributed by atoms with E-state index in [0.717, 1.165) is 28.1 Å². The number of aromatic nitrogens is 5. The molecule has 0 aliphatic heterocycles. The smallest absolute Gasteiger partial charge is 0.247 e. The van der Waals surface area contributed by atoms with Crippen molar-refractivity contribution in [3.63, 3.8) is 0 Å². The van der Waals surface area contributed by atoms with E-state index in [-0.39, 0.29) is 11.8 Å². The summed E-state index contributed by atoms with van der Waals surface area (Å²) in [6.07, 6.45) is 9.10. The highest BCUT2D eigenvalue weighted by atomic mass is 16.2. The van der Waals surface area contributed by atoms with Gasteiger partial charge in [-0.3, -0.25) is 9.48 Å². The number of benzene rings is 1. The molecule has 0 radical (unpaired) electrons. The summed E-state index contributed by atoms with van der Waals surface area (Å²) >= 11 is 0. The van der Waals surface area contributed by atoms with E-state index in [4.69, 9.17) is 0 Å². The van der Waals surface area contributed by atoms with E-state index in [1.165, 1.54) is 0 Å². The van der Waals surface area contributed by atoms with Crippen molar-refractivity contribution in [3.8, 4) is 11.1 Å². The Morgan fingerprint density at radius 3 is 2.33 bits per heavy atom. The maximum Gasteiger partial charge on any atom is 0.247 e. The third kappa shape index (κ3) is 5.67. The zero-order valence-corrected chi connectivity index (χ0v) is 18.9. The van der Waals surface area contributed by atoms with Crippen LogP contribution in [0.3, 0.4) is 0 Å². The fourth-order valence-corrected chi connectivity index (χ4v) is 3.48. The first-order chi connectivity index (χ1) is 16.0. The zero-order valence-electron chi connectivity index (χ0n) is 18.9. The van der Waals surface area contributed by atoms with Gasteiger partial charge < -0.3 is 10.6 Å². The van der Waals surface area contributed by atoms with Crippen LogP contribution in [0.5, 0.6) is 0 Å². The molecule has 8 heteroatoms. The van der Waals surface area contributed by atoms with Gasteiger partial charge in [0.05, 0.1) is 6.20 Å². The molecule has 3 aromatic heterocycles. The predicted molar refractivity (Wildman–Crippen MR) is 127 cm³/mol. The second kappa shape index (κ2) is 10.1. The van der Waals surface area contributed by atoms with E-state index in [9.17, 15) is 4.79 Å². The quantitative estimate of drug-likeness (QED) is 0.433. The number of hydrogen-bond donors (Lipinski definition) is 2. The predicted octanol–water partition coefficient (Wildman–Crippen LogP) is 3.65. The van der Waals surface area contributed by atoms with Crippen molar-refractivity contribution in [2.45, 2.75) is 25.8 Å². The molecule has 168 valence electrons. The Hall–Kier alpha value is -3.91. The summed E-state index contributed by atoms with van der Waals surface area (Å²) in [5.74, 6) is 1.20. The first-order valence-electron chi connectivity index (χ1n) is 10.8. The Balaban J connectivity index is 1.46. The Labute approximate surface area is 193 Å². The van der Waals surface area contributed by atoms with Crippen molar-refractivity contribution < 1.29 is 4.79 Å². The molecule has 1 aromatic carbocycles. The molecular formula is C25H27N7O. The van der Waals surface area contributed by atoms with Crippen LogP contribution in [0, 0.1) is 6.92 Å². The molecule has 0 saturated heterocycles. The van der Waals surface area contributed by atoms with Crippen LogP contribution >= 0.6 is 0 Å². The van der Waals surface area contributed by atoms with E-state index in [2.05, 4.69) is 37.6 Å². The molecule has 8 nitrogen and oxygen atoms in total. The maximum atomic E-state index is 13.2. The maximum absolute atomic E-state index is 13.2. The summed E-state index contributed by atoms with van der Waals surface area (Å²) in [4.78, 5) is 26.2. The molecule has 3 heterocycles. The third-order valence-corrected chi connectivity index (χ3v) is 5.45. The highest BCUT2D eigenvalue weighted by Crippen LogP contribution is 2.21. The lowest BCUT2D eigenvalue weighted by Crippen LogP contribution is -2.35. The third-order valence-electron chi connectivity index (χ3n) is 5.45. The number of nitrogens with zero attached hydrogens (tertiary/aromatic N) is 5. The van der Waals surface area contributed by atoms with Crippen molar-refractivity contribution >= 4 is 11.7 Å². The zero-order chi connectivity index (χ0) is 23.2. The number of pyridine rings is 1. The van der Waals surface area contributed by atoms with Crippen LogP contribution in [0.2, 0.25) is 0 Å². The minimum Gasteiger partial charge on any atom is -0.309 e. The minimum absolute atomic E-state index is 0.140. The Kier molecular flexibility index (Phi) is 6.85. The number of anilines is 1. The number of hydrogen-bond acceptors (Lipinski definition) is 6. The molecule has 1 unspecified atom stereocenters. The average Bonchev–Trinajstić information content (AvgIpc) is 3.27. The number of amides is 1. The van der Waals surface area contributed by atoms with Crippen molar-refractivity contribution in [2.24, 2.45) is 7.05 Å². The van der Waals surface area contributed by atoms with Crippen LogP contribution in [0.25, 0.3) is 11.1 Å². The van der Waals surface area contributed by atoms with Crippen LogP contribution in [0.1, 0.15) is 35.8 Å². The molecule has 4 aromatic rings. The van der Waals surface area contributed by atoms with Gasteiger partial charge in [-0.15, -0.1) is 0 Å². The summed E-state index contributed by atoms with van der Waals surface area (Å²) < 4.78 is 1.74. The lowest BCUT2D eigenvalue weighted by atomic mass is 10.0. The van der Waals surface area contributed by atoms with Gasteiger partial charge in [0.1, 0.15) is 17.7 Å². The number of aryl methyl sites for hydroxylation is 2. The van der Waals surface area contributed by atoms with Gasteiger partial charge in [0, 0.05) is 49.5 Å². The van der Waals surface area contributed by atoms with Crippen LogP contribution in [0.4, 0.5) is 5.82 Å². The molecule has 1 amide bonds. The Bertz CT molecular complexity index is 1190. The first kappa shape index (κ1) is 22.3. The summed E-state index contributed by atoms with van der Waals surface area (Å²) in [5, 5.41) is 10.5. The van der Waals surface area contributed by atoms with E-state index in [1.54, 1.807) is 23.1 Å². The Morgan fingerprint density at radius 1 is 0.939 bits per heavy atom. The largest absolute Gasteiger partial charge is 0.309 e. The summed E-state index contributed by atoms with van der Waals surface area (Å²) in [6, 6.07) is 12.9. The lowest BCUT2D eigenvalue weighted by molar-refractivity contribution is -0.118. The molecule has 0 saturated carbocycles. The fourth-order valence-electron chi connectivity index (χ4n) is 3.48. The fraction of sp³-hybridized carbons (Fsp3) is 0.240.